The Bertz CT molecular complexity index is 3210. The zero-order valence-electron chi connectivity index (χ0n) is 29.4. The van der Waals surface area contributed by atoms with Gasteiger partial charge in [0.15, 0.2) is 0 Å². The van der Waals surface area contributed by atoms with Gasteiger partial charge in [-0.15, -0.1) is 0 Å². The maximum absolute atomic E-state index is 6.23. The Morgan fingerprint density at radius 2 is 0.796 bits per heavy atom. The second-order valence-corrected chi connectivity index (χ2v) is 14.1. The monoisotopic (exact) mass is 687 g/mol. The van der Waals surface area contributed by atoms with Crippen LogP contribution in [0.3, 0.4) is 0 Å². The van der Waals surface area contributed by atoms with Gasteiger partial charge in [-0.25, -0.2) is 0 Å². The van der Waals surface area contributed by atoms with Crippen molar-refractivity contribution in [3.63, 3.8) is 0 Å². The van der Waals surface area contributed by atoms with Crippen LogP contribution in [0.5, 0.6) is 0 Å². The minimum atomic E-state index is 0.905. The molecule has 1 aromatic heterocycles. The molecule has 10 aromatic carbocycles. The van der Waals surface area contributed by atoms with Crippen LogP contribution in [-0.2, 0) is 0 Å². The average Bonchev–Trinajstić information content (AvgIpc) is 3.62. The molecule has 0 aliphatic heterocycles. The van der Waals surface area contributed by atoms with Gasteiger partial charge < -0.3 is 9.32 Å². The van der Waals surface area contributed by atoms with Gasteiger partial charge in [0.05, 0.1) is 0 Å². The van der Waals surface area contributed by atoms with Crippen LogP contribution in [0.15, 0.2) is 205 Å². The van der Waals surface area contributed by atoms with E-state index in [0.29, 0.717) is 0 Å². The van der Waals surface area contributed by atoms with E-state index in [-0.39, 0.29) is 0 Å². The number of benzene rings is 10. The number of rotatable bonds is 5. The zero-order valence-corrected chi connectivity index (χ0v) is 29.4. The summed E-state index contributed by atoms with van der Waals surface area (Å²) < 4.78 is 6.23. The predicted molar refractivity (Wildman–Crippen MR) is 229 cm³/mol. The number of para-hydroxylation sites is 1. The summed E-state index contributed by atoms with van der Waals surface area (Å²) in [5, 5.41) is 12.3. The first-order valence-corrected chi connectivity index (χ1v) is 18.5. The number of furan rings is 1. The number of hydrogen-bond donors (Lipinski definition) is 0. The molecule has 11 aromatic rings. The quantitative estimate of drug-likeness (QED) is 0.168. The Hall–Kier alpha value is -7.16. The van der Waals surface area contributed by atoms with Crippen molar-refractivity contribution in [2.24, 2.45) is 0 Å². The molecule has 0 aliphatic carbocycles. The molecule has 0 unspecified atom stereocenters. The summed E-state index contributed by atoms with van der Waals surface area (Å²) in [7, 11) is 0. The van der Waals surface area contributed by atoms with Crippen molar-refractivity contribution >= 4 is 82.1 Å². The average molecular weight is 688 g/mol. The number of hydrogen-bond acceptors (Lipinski definition) is 2. The summed E-state index contributed by atoms with van der Waals surface area (Å²) >= 11 is 0. The molecule has 0 spiro atoms. The van der Waals surface area contributed by atoms with Crippen LogP contribution in [0.4, 0.5) is 17.1 Å². The normalized spacial score (nSPS) is 11.7. The lowest BCUT2D eigenvalue weighted by Gasteiger charge is -2.26. The van der Waals surface area contributed by atoms with Gasteiger partial charge in [-0.3, -0.25) is 0 Å². The molecule has 0 amide bonds. The van der Waals surface area contributed by atoms with Gasteiger partial charge in [0, 0.05) is 27.8 Å². The second kappa shape index (κ2) is 12.2. The highest BCUT2D eigenvalue weighted by Crippen LogP contribution is 2.41. The second-order valence-electron chi connectivity index (χ2n) is 14.1. The fourth-order valence-electron chi connectivity index (χ4n) is 8.37. The smallest absolute Gasteiger partial charge is 0.136 e. The third-order valence-corrected chi connectivity index (χ3v) is 11.0. The number of fused-ring (bicyclic) bond motifs is 9. The zero-order chi connectivity index (χ0) is 35.6. The van der Waals surface area contributed by atoms with Crippen molar-refractivity contribution in [3.05, 3.63) is 200 Å². The molecule has 0 aliphatic rings. The van der Waals surface area contributed by atoms with Crippen LogP contribution in [0.25, 0.3) is 87.3 Å². The molecule has 2 heteroatoms. The topological polar surface area (TPSA) is 16.4 Å². The predicted octanol–water partition coefficient (Wildman–Crippen LogP) is 15.0. The SMILES string of the molecule is c1ccc2c(c1)ccc1ccc(N(c3ccc(-c4ccc5c(c4)oc4ccccc45)cc3)c3ccc(-c4cccc5c4ccc4ccccc45)cc3)cc12. The molecule has 0 saturated carbocycles. The van der Waals surface area contributed by atoms with Crippen LogP contribution in [-0.4, -0.2) is 0 Å². The van der Waals surface area contributed by atoms with E-state index in [0.717, 1.165) is 50.1 Å². The first-order valence-electron chi connectivity index (χ1n) is 18.5. The fourth-order valence-corrected chi connectivity index (χ4v) is 8.37. The Labute approximate surface area is 312 Å². The molecule has 0 fully saturated rings. The van der Waals surface area contributed by atoms with Gasteiger partial charge >= 0.3 is 0 Å². The highest BCUT2D eigenvalue weighted by molar-refractivity contribution is 6.12. The van der Waals surface area contributed by atoms with Crippen LogP contribution in [0, 0.1) is 0 Å². The van der Waals surface area contributed by atoms with Crippen LogP contribution < -0.4 is 4.90 Å². The van der Waals surface area contributed by atoms with Crippen LogP contribution in [0.2, 0.25) is 0 Å². The highest BCUT2D eigenvalue weighted by atomic mass is 16.3. The summed E-state index contributed by atoms with van der Waals surface area (Å²) in [6, 6.07) is 72.4. The van der Waals surface area contributed by atoms with Crippen molar-refractivity contribution in [1.82, 2.24) is 0 Å². The molecule has 0 bridgehead atoms. The third kappa shape index (κ3) is 4.96. The summed E-state index contributed by atoms with van der Waals surface area (Å²) in [4.78, 5) is 2.37. The molecule has 11 rings (SSSR count). The fraction of sp³-hybridized carbons (Fsp3) is 0. The standard InChI is InChI=1S/C52H33NO/c1-3-10-43-36(9-1)23-30-47-44(13-7-14-46(43)47)37-20-27-41(28-21-37)53(42-29-22-38-17-16-35-8-2-4-11-45(35)50(38)33-42)40-25-18-34(19-26-40)39-24-31-49-48-12-5-6-15-51(48)54-52(49)32-39/h1-33H. The van der Waals surface area contributed by atoms with E-state index in [2.05, 4.69) is 193 Å². The van der Waals surface area contributed by atoms with Crippen molar-refractivity contribution in [2.45, 2.75) is 0 Å². The van der Waals surface area contributed by atoms with Gasteiger partial charge in [-0.2, -0.15) is 0 Å². The lowest BCUT2D eigenvalue weighted by molar-refractivity contribution is 0.669. The van der Waals surface area contributed by atoms with Gasteiger partial charge in [0.2, 0.25) is 0 Å². The van der Waals surface area contributed by atoms with Crippen molar-refractivity contribution in [1.29, 1.82) is 0 Å². The minimum absolute atomic E-state index is 0.905. The third-order valence-electron chi connectivity index (χ3n) is 11.0. The highest BCUT2D eigenvalue weighted by Gasteiger charge is 2.16. The van der Waals surface area contributed by atoms with E-state index >= 15 is 0 Å². The largest absolute Gasteiger partial charge is 0.456 e. The summed E-state index contributed by atoms with van der Waals surface area (Å²) in [5.41, 5.74) is 9.82. The first-order chi connectivity index (χ1) is 26.7. The van der Waals surface area contributed by atoms with Gasteiger partial charge in [0.1, 0.15) is 11.2 Å². The Morgan fingerprint density at radius 1 is 0.278 bits per heavy atom. The minimum Gasteiger partial charge on any atom is -0.456 e. The molecular formula is C52H33NO. The molecule has 0 atom stereocenters. The Morgan fingerprint density at radius 3 is 1.56 bits per heavy atom. The summed E-state index contributed by atoms with van der Waals surface area (Å²) in [5.74, 6) is 0. The molecular weight excluding hydrogens is 655 g/mol. The molecule has 252 valence electrons. The van der Waals surface area contributed by atoms with Crippen molar-refractivity contribution in [3.8, 4) is 22.3 Å². The molecule has 0 saturated heterocycles. The van der Waals surface area contributed by atoms with E-state index < -0.39 is 0 Å². The Kier molecular flexibility index (Phi) is 6.90. The van der Waals surface area contributed by atoms with E-state index in [1.54, 1.807) is 0 Å². The Balaban J connectivity index is 1.02. The van der Waals surface area contributed by atoms with Crippen molar-refractivity contribution in [2.75, 3.05) is 4.90 Å². The van der Waals surface area contributed by atoms with E-state index in [4.69, 9.17) is 4.42 Å². The lowest BCUT2D eigenvalue weighted by atomic mass is 9.94. The van der Waals surface area contributed by atoms with Gasteiger partial charge in [-0.1, -0.05) is 146 Å². The molecule has 1 heterocycles. The molecule has 0 radical (unpaired) electrons. The van der Waals surface area contributed by atoms with E-state index in [9.17, 15) is 0 Å². The summed E-state index contributed by atoms with van der Waals surface area (Å²) in [6.07, 6.45) is 0. The molecule has 0 N–H and O–H groups in total. The number of anilines is 3. The number of nitrogens with zero attached hydrogens (tertiary/aromatic N) is 1. The van der Waals surface area contributed by atoms with Crippen LogP contribution >= 0.6 is 0 Å². The van der Waals surface area contributed by atoms with Crippen LogP contribution in [0.1, 0.15) is 0 Å². The molecule has 2 nitrogen and oxygen atoms in total. The maximum Gasteiger partial charge on any atom is 0.136 e. The van der Waals surface area contributed by atoms with E-state index in [1.807, 2.05) is 12.1 Å². The van der Waals surface area contributed by atoms with E-state index in [1.165, 1.54) is 54.2 Å². The summed E-state index contributed by atoms with van der Waals surface area (Å²) in [6.45, 7) is 0. The van der Waals surface area contributed by atoms with Gasteiger partial charge in [-0.05, 0) is 120 Å². The maximum atomic E-state index is 6.23. The van der Waals surface area contributed by atoms with Crippen molar-refractivity contribution < 1.29 is 4.42 Å². The lowest BCUT2D eigenvalue weighted by Crippen LogP contribution is -2.09. The molecule has 54 heavy (non-hydrogen) atoms. The first kappa shape index (κ1) is 30.5. The van der Waals surface area contributed by atoms with Gasteiger partial charge in [0.25, 0.3) is 0 Å².